The summed E-state index contributed by atoms with van der Waals surface area (Å²) in [6.45, 7) is 0.564. The summed E-state index contributed by atoms with van der Waals surface area (Å²) in [5, 5.41) is 12.9. The fourth-order valence-corrected chi connectivity index (χ4v) is 4.26. The summed E-state index contributed by atoms with van der Waals surface area (Å²) in [4.78, 5) is 17.2. The number of thioether (sulfide) groups is 1. The van der Waals surface area contributed by atoms with Gasteiger partial charge in [0.1, 0.15) is 0 Å². The molecule has 1 amide bonds. The van der Waals surface area contributed by atoms with Crippen molar-refractivity contribution < 1.29 is 9.90 Å². The molecule has 0 bridgehead atoms. The summed E-state index contributed by atoms with van der Waals surface area (Å²) in [5.74, 6) is -0.379. The van der Waals surface area contributed by atoms with Crippen LogP contribution in [0, 0.1) is 0 Å². The first kappa shape index (κ1) is 17.6. The third-order valence-electron chi connectivity index (χ3n) is 4.53. The van der Waals surface area contributed by atoms with Crippen LogP contribution < -0.4 is 11.1 Å². The number of hydrogen-bond donors (Lipinski definition) is 3. The zero-order valence-electron chi connectivity index (χ0n) is 14.6. The second-order valence-electron chi connectivity index (χ2n) is 6.48. The van der Waals surface area contributed by atoms with Gasteiger partial charge in [-0.3, -0.25) is 4.79 Å². The Balaban J connectivity index is 1.65. The van der Waals surface area contributed by atoms with Gasteiger partial charge in [0.25, 0.3) is 0 Å². The minimum absolute atomic E-state index is 0.144. The van der Waals surface area contributed by atoms with Crippen LogP contribution in [0.4, 0.5) is 5.69 Å². The number of primary amides is 1. The predicted molar refractivity (Wildman–Crippen MR) is 105 cm³/mol. The van der Waals surface area contributed by atoms with Crippen molar-refractivity contribution in [1.29, 1.82) is 0 Å². The van der Waals surface area contributed by atoms with Crippen molar-refractivity contribution >= 4 is 23.4 Å². The van der Waals surface area contributed by atoms with Crippen LogP contribution in [-0.2, 0) is 24.2 Å². The number of nitrogens with two attached hydrogens (primary N) is 1. The number of nitrogens with zero attached hydrogens (tertiary/aromatic N) is 2. The zero-order valence-corrected chi connectivity index (χ0v) is 15.4. The van der Waals surface area contributed by atoms with Crippen LogP contribution in [0.25, 0.3) is 0 Å². The van der Waals surface area contributed by atoms with Crippen molar-refractivity contribution in [3.63, 3.8) is 0 Å². The number of amides is 1. The number of aliphatic hydroxyl groups is 1. The predicted octanol–water partition coefficient (Wildman–Crippen LogP) is 2.34. The summed E-state index contributed by atoms with van der Waals surface area (Å²) in [5.41, 5.74) is 9.67. The molecule has 1 atom stereocenters. The van der Waals surface area contributed by atoms with Gasteiger partial charge in [-0.15, -0.1) is 0 Å². The Kier molecular flexibility index (Phi) is 4.87. The van der Waals surface area contributed by atoms with Gasteiger partial charge in [0.2, 0.25) is 5.91 Å². The van der Waals surface area contributed by atoms with Crippen LogP contribution >= 0.6 is 11.8 Å². The smallest absolute Gasteiger partial charge is 0.223 e. The maximum absolute atomic E-state index is 11.6. The molecule has 1 aromatic heterocycles. The Hall–Kier alpha value is -2.77. The molecular formula is C20H20N4O2S. The third-order valence-corrected chi connectivity index (χ3v) is 5.59. The molecule has 2 heterocycles. The molecule has 0 saturated heterocycles. The van der Waals surface area contributed by atoms with Crippen molar-refractivity contribution in [3.8, 4) is 0 Å². The molecule has 138 valence electrons. The van der Waals surface area contributed by atoms with E-state index < -0.39 is 5.56 Å². The molecule has 0 saturated carbocycles. The van der Waals surface area contributed by atoms with E-state index in [1.807, 2.05) is 53.1 Å². The van der Waals surface area contributed by atoms with Gasteiger partial charge in [0.15, 0.2) is 5.56 Å². The average Bonchev–Trinajstić information content (AvgIpc) is 3.20. The molecule has 7 heteroatoms. The summed E-state index contributed by atoms with van der Waals surface area (Å²) in [6, 6.07) is 16.0. The Morgan fingerprint density at radius 1 is 1.22 bits per heavy atom. The minimum Gasteiger partial charge on any atom is -0.369 e. The molecule has 1 aliphatic rings. The maximum Gasteiger partial charge on any atom is 0.223 e. The van der Waals surface area contributed by atoms with Crippen molar-refractivity contribution in [2.45, 2.75) is 29.8 Å². The fraction of sp³-hybridized carbons (Fsp3) is 0.200. The second kappa shape index (κ2) is 7.46. The molecule has 2 aromatic carbocycles. The largest absolute Gasteiger partial charge is 0.369 e. The van der Waals surface area contributed by atoms with Crippen LogP contribution in [0.5, 0.6) is 0 Å². The van der Waals surface area contributed by atoms with Gasteiger partial charge in [0, 0.05) is 17.9 Å². The highest BCUT2D eigenvalue weighted by Gasteiger charge is 2.22. The van der Waals surface area contributed by atoms with E-state index in [2.05, 4.69) is 10.3 Å². The number of rotatable bonds is 6. The number of benzene rings is 2. The first-order chi connectivity index (χ1) is 13.1. The second-order valence-corrected chi connectivity index (χ2v) is 7.57. The lowest BCUT2D eigenvalue weighted by Crippen LogP contribution is -2.18. The van der Waals surface area contributed by atoms with Crippen molar-refractivity contribution in [1.82, 2.24) is 9.55 Å². The molecule has 4 rings (SSSR count). The van der Waals surface area contributed by atoms with Gasteiger partial charge >= 0.3 is 0 Å². The normalized spacial score (nSPS) is 15.4. The molecule has 27 heavy (non-hydrogen) atoms. The van der Waals surface area contributed by atoms with E-state index in [9.17, 15) is 9.90 Å². The summed E-state index contributed by atoms with van der Waals surface area (Å²) in [6.07, 6.45) is 2.56. The van der Waals surface area contributed by atoms with Gasteiger partial charge in [0.05, 0.1) is 29.8 Å². The number of imidazole rings is 1. The SMILES string of the molecule is NC(=O)Cc1c(Cc2ccccc2)ncn1Cc1cccc2c1SC(O)N2. The first-order valence-electron chi connectivity index (χ1n) is 8.68. The molecule has 1 aliphatic heterocycles. The summed E-state index contributed by atoms with van der Waals surface area (Å²) < 4.78 is 1.98. The van der Waals surface area contributed by atoms with Gasteiger partial charge in [-0.25, -0.2) is 4.98 Å². The lowest BCUT2D eigenvalue weighted by molar-refractivity contribution is -0.117. The molecule has 0 fully saturated rings. The number of nitrogens with one attached hydrogen (secondary N) is 1. The number of fused-ring (bicyclic) bond motifs is 1. The molecule has 0 spiro atoms. The van der Waals surface area contributed by atoms with E-state index in [0.717, 1.165) is 33.1 Å². The highest BCUT2D eigenvalue weighted by Crippen LogP contribution is 2.40. The Bertz CT molecular complexity index is 971. The molecule has 4 N–H and O–H groups in total. The number of aliphatic hydroxyl groups excluding tert-OH is 1. The first-order valence-corrected chi connectivity index (χ1v) is 9.56. The number of hydrogen-bond acceptors (Lipinski definition) is 5. The number of carbonyl (C=O) groups excluding carboxylic acids is 1. The van der Waals surface area contributed by atoms with E-state index in [0.29, 0.717) is 13.0 Å². The molecule has 0 radical (unpaired) electrons. The monoisotopic (exact) mass is 380 g/mol. The number of anilines is 1. The molecule has 1 unspecified atom stereocenters. The van der Waals surface area contributed by atoms with Crippen LogP contribution in [0.3, 0.4) is 0 Å². The topological polar surface area (TPSA) is 93.2 Å². The van der Waals surface area contributed by atoms with Gasteiger partial charge < -0.3 is 20.7 Å². The van der Waals surface area contributed by atoms with Crippen LogP contribution in [-0.4, -0.2) is 26.1 Å². The quantitative estimate of drug-likeness (QED) is 0.610. The highest BCUT2D eigenvalue weighted by molar-refractivity contribution is 8.00. The van der Waals surface area contributed by atoms with Gasteiger partial charge in [-0.1, -0.05) is 54.2 Å². The Morgan fingerprint density at radius 3 is 2.81 bits per heavy atom. The number of carbonyl (C=O) groups is 1. The Morgan fingerprint density at radius 2 is 2.04 bits per heavy atom. The molecule has 0 aliphatic carbocycles. The van der Waals surface area contributed by atoms with E-state index in [4.69, 9.17) is 5.73 Å². The number of aromatic nitrogens is 2. The van der Waals surface area contributed by atoms with Crippen LogP contribution in [0.1, 0.15) is 22.5 Å². The van der Waals surface area contributed by atoms with Crippen LogP contribution in [0.2, 0.25) is 0 Å². The van der Waals surface area contributed by atoms with E-state index in [-0.39, 0.29) is 12.3 Å². The molecule has 3 aromatic rings. The van der Waals surface area contributed by atoms with E-state index in [1.165, 1.54) is 11.8 Å². The van der Waals surface area contributed by atoms with Crippen molar-refractivity contribution in [2.75, 3.05) is 5.32 Å². The fourth-order valence-electron chi connectivity index (χ4n) is 3.31. The lowest BCUT2D eigenvalue weighted by Gasteiger charge is -2.12. The molecule has 6 nitrogen and oxygen atoms in total. The van der Waals surface area contributed by atoms with Crippen molar-refractivity contribution in [2.24, 2.45) is 5.73 Å². The van der Waals surface area contributed by atoms with E-state index in [1.54, 1.807) is 6.33 Å². The standard InChI is InChI=1S/C20H20N4O2S/c21-18(25)10-17-16(9-13-5-2-1-3-6-13)22-12-24(17)11-14-7-4-8-15-19(14)27-20(26)23-15/h1-8,12,20,23,26H,9-11H2,(H2,21,25). The van der Waals surface area contributed by atoms with Crippen molar-refractivity contribution in [3.05, 3.63) is 77.4 Å². The third kappa shape index (κ3) is 3.84. The average molecular weight is 380 g/mol. The summed E-state index contributed by atoms with van der Waals surface area (Å²) in [7, 11) is 0. The highest BCUT2D eigenvalue weighted by atomic mass is 32.2. The summed E-state index contributed by atoms with van der Waals surface area (Å²) >= 11 is 1.39. The lowest BCUT2D eigenvalue weighted by atomic mass is 10.1. The Labute approximate surface area is 161 Å². The van der Waals surface area contributed by atoms with Crippen LogP contribution in [0.15, 0.2) is 59.8 Å². The van der Waals surface area contributed by atoms with Gasteiger partial charge in [-0.2, -0.15) is 0 Å². The molecular weight excluding hydrogens is 360 g/mol. The van der Waals surface area contributed by atoms with Gasteiger partial charge in [-0.05, 0) is 17.2 Å². The minimum atomic E-state index is -0.636. The van der Waals surface area contributed by atoms with E-state index >= 15 is 0 Å². The maximum atomic E-state index is 11.6. The zero-order chi connectivity index (χ0) is 18.8.